The van der Waals surface area contributed by atoms with Gasteiger partial charge in [-0.2, -0.15) is 0 Å². The Bertz CT molecular complexity index is 1550. The Kier molecular flexibility index (Phi) is 15.4. The Balaban J connectivity index is 1.57. The lowest BCUT2D eigenvalue weighted by Crippen LogP contribution is -2.53. The molecule has 5 atom stereocenters. The number of unbranched alkanes of at least 4 members (excludes halogenated alkanes) is 2. The zero-order valence-corrected chi connectivity index (χ0v) is 30.1. The summed E-state index contributed by atoms with van der Waals surface area (Å²) in [5.74, 6) is 2.02. The highest BCUT2D eigenvalue weighted by Gasteiger charge is 2.32. The molecule has 2 aliphatic heterocycles. The summed E-state index contributed by atoms with van der Waals surface area (Å²) in [6.07, 6.45) is 1.26. The van der Waals surface area contributed by atoms with Crippen LogP contribution in [0.25, 0.3) is 0 Å². The van der Waals surface area contributed by atoms with E-state index >= 15 is 0 Å². The van der Waals surface area contributed by atoms with E-state index in [1.807, 2.05) is 0 Å². The van der Waals surface area contributed by atoms with Crippen LogP contribution in [0.3, 0.4) is 0 Å². The molecule has 0 spiro atoms. The molecule has 0 unspecified atom stereocenters. The smallest absolute Gasteiger partial charge is 0.367 e. The standard InChI is InChI=1S/C34H41IN4O11/c1-19(2)30(38-27(41)7-5-4-6-14-39-28(42)12-13-29(39)43)32(45)36-20(3)31(44)37-23-10-8-22(18-49-34(35)48)21(15-23)9-11-25-16-24(40)17-26(50-25)33(46)47/h8,10,12-13,15,19-20,24-26,30,40H,4-7,14,16-18H2,1-3H3,(H,36,45)(H,37,44)(H,38,41)(H,46,47)/t20-,24+,25-,26-,30-/m0/s1. The number of hydrogen-bond acceptors (Lipinski definition) is 10. The molecular weight excluding hydrogens is 767 g/mol. The van der Waals surface area contributed by atoms with Gasteiger partial charge in [-0.25, -0.2) is 9.59 Å². The zero-order valence-electron chi connectivity index (χ0n) is 27.9. The number of nitrogens with zero attached hydrogens (tertiary/aromatic N) is 1. The SMILES string of the molecule is CC(C)[C@H](NC(=O)CCCCCN1C(=O)C=CC1=O)C(=O)N[C@@H](C)C(=O)Nc1ccc(COC(=O)I)c(C#C[C@H]2C[C@@H](O)C[C@@H](C(=O)O)O2)c1. The first kappa shape index (κ1) is 40.1. The Morgan fingerprint density at radius 1 is 1.02 bits per heavy atom. The quantitative estimate of drug-likeness (QED) is 0.0569. The van der Waals surface area contributed by atoms with E-state index in [4.69, 9.17) is 9.47 Å². The summed E-state index contributed by atoms with van der Waals surface area (Å²) in [4.78, 5) is 86.0. The first-order valence-corrected chi connectivity index (χ1v) is 17.2. The fourth-order valence-corrected chi connectivity index (χ4v) is 5.28. The third-order valence-electron chi connectivity index (χ3n) is 7.87. The number of ether oxygens (including phenoxy) is 2. The van der Waals surface area contributed by atoms with Crippen molar-refractivity contribution in [3.05, 3.63) is 41.5 Å². The number of aliphatic hydroxyl groups is 1. The van der Waals surface area contributed by atoms with Gasteiger partial charge in [0, 0.05) is 54.8 Å². The highest BCUT2D eigenvalue weighted by atomic mass is 127. The summed E-state index contributed by atoms with van der Waals surface area (Å²) in [5, 5.41) is 27.4. The summed E-state index contributed by atoms with van der Waals surface area (Å²) in [7, 11) is 0. The Labute approximate surface area is 303 Å². The molecule has 5 N–H and O–H groups in total. The predicted octanol–water partition coefficient (Wildman–Crippen LogP) is 2.17. The fraction of sp³-hybridized carbons (Fsp3) is 0.500. The summed E-state index contributed by atoms with van der Waals surface area (Å²) >= 11 is 1.48. The van der Waals surface area contributed by atoms with E-state index < -0.39 is 52.2 Å². The molecular formula is C34H41IN4O11. The van der Waals surface area contributed by atoms with Crippen molar-refractivity contribution in [1.29, 1.82) is 0 Å². The van der Waals surface area contributed by atoms with E-state index in [2.05, 4.69) is 27.8 Å². The molecule has 0 aliphatic carbocycles. The molecule has 0 saturated carbocycles. The first-order valence-electron chi connectivity index (χ1n) is 16.1. The van der Waals surface area contributed by atoms with Crippen LogP contribution in [0.2, 0.25) is 0 Å². The number of aliphatic carboxylic acids is 1. The second kappa shape index (κ2) is 19.2. The van der Waals surface area contributed by atoms with Crippen molar-refractivity contribution in [1.82, 2.24) is 15.5 Å². The summed E-state index contributed by atoms with van der Waals surface area (Å²) in [6.45, 7) is 5.14. The summed E-state index contributed by atoms with van der Waals surface area (Å²) < 4.78 is 10.0. The number of nitrogens with one attached hydrogen (secondary N) is 3. The molecule has 0 bridgehead atoms. The molecule has 15 nitrogen and oxygen atoms in total. The van der Waals surface area contributed by atoms with Crippen LogP contribution in [0.4, 0.5) is 10.5 Å². The second-order valence-corrected chi connectivity index (χ2v) is 13.1. The van der Waals surface area contributed by atoms with Gasteiger partial charge in [-0.15, -0.1) is 0 Å². The molecule has 1 saturated heterocycles. The lowest BCUT2D eigenvalue weighted by atomic mass is 10.0. The number of carbonyl (C=O) groups excluding carboxylic acids is 6. The Morgan fingerprint density at radius 3 is 2.36 bits per heavy atom. The van der Waals surface area contributed by atoms with E-state index in [1.165, 1.54) is 47.7 Å². The van der Waals surface area contributed by atoms with E-state index in [0.29, 0.717) is 36.1 Å². The minimum Gasteiger partial charge on any atom is -0.479 e. The van der Waals surface area contributed by atoms with E-state index in [0.717, 1.165) is 4.90 Å². The number of amides is 5. The van der Waals surface area contributed by atoms with Crippen LogP contribution in [0.5, 0.6) is 0 Å². The maximum absolute atomic E-state index is 13.1. The molecule has 1 aromatic rings. The minimum absolute atomic E-state index is 0.0575. The van der Waals surface area contributed by atoms with Crippen LogP contribution in [0.1, 0.15) is 70.4 Å². The fourth-order valence-electron chi connectivity index (χ4n) is 5.12. The predicted molar refractivity (Wildman–Crippen MR) is 186 cm³/mol. The number of carboxylic acid groups (broad SMARTS) is 1. The molecule has 3 rings (SSSR count). The molecule has 2 heterocycles. The number of carboxylic acids is 1. The van der Waals surface area contributed by atoms with Gasteiger partial charge in [0.05, 0.1) is 28.7 Å². The maximum atomic E-state index is 13.1. The van der Waals surface area contributed by atoms with Crippen molar-refractivity contribution in [3.63, 3.8) is 0 Å². The number of imide groups is 1. The monoisotopic (exact) mass is 808 g/mol. The minimum atomic E-state index is -1.21. The van der Waals surface area contributed by atoms with Gasteiger partial charge in [-0.1, -0.05) is 38.2 Å². The highest BCUT2D eigenvalue weighted by molar-refractivity contribution is 14.1. The molecule has 1 aromatic carbocycles. The van der Waals surface area contributed by atoms with Crippen LogP contribution >= 0.6 is 22.6 Å². The van der Waals surface area contributed by atoms with Gasteiger partial charge in [-0.3, -0.25) is 28.9 Å². The van der Waals surface area contributed by atoms with Crippen molar-refractivity contribution in [2.45, 2.75) is 96.3 Å². The normalized spacial score (nSPS) is 19.6. The van der Waals surface area contributed by atoms with Gasteiger partial charge in [0.2, 0.25) is 17.7 Å². The van der Waals surface area contributed by atoms with E-state index in [9.17, 15) is 43.8 Å². The van der Waals surface area contributed by atoms with Crippen LogP contribution in [0, 0.1) is 17.8 Å². The molecule has 270 valence electrons. The lowest BCUT2D eigenvalue weighted by Gasteiger charge is -2.27. The Hall–Kier alpha value is -4.34. The van der Waals surface area contributed by atoms with Gasteiger partial charge >= 0.3 is 9.95 Å². The van der Waals surface area contributed by atoms with Gasteiger partial charge in [0.25, 0.3) is 11.8 Å². The largest absolute Gasteiger partial charge is 0.479 e. The number of benzene rings is 1. The van der Waals surface area contributed by atoms with Gasteiger partial charge in [0.15, 0.2) is 6.10 Å². The van der Waals surface area contributed by atoms with Crippen molar-refractivity contribution in [2.75, 3.05) is 11.9 Å². The van der Waals surface area contributed by atoms with E-state index in [-0.39, 0.29) is 56.1 Å². The third-order valence-corrected chi connectivity index (χ3v) is 8.18. The molecule has 16 heteroatoms. The molecule has 5 amide bonds. The first-order chi connectivity index (χ1) is 23.6. The molecule has 0 aromatic heterocycles. The lowest BCUT2D eigenvalue weighted by molar-refractivity contribution is -0.161. The van der Waals surface area contributed by atoms with Crippen molar-refractivity contribution in [3.8, 4) is 11.8 Å². The third kappa shape index (κ3) is 12.5. The van der Waals surface area contributed by atoms with Crippen molar-refractivity contribution < 1.29 is 53.2 Å². The number of halogens is 1. The van der Waals surface area contributed by atoms with Gasteiger partial charge < -0.3 is 35.6 Å². The molecule has 1 fully saturated rings. The van der Waals surface area contributed by atoms with Gasteiger partial charge in [0.1, 0.15) is 24.8 Å². The van der Waals surface area contributed by atoms with Crippen LogP contribution in [-0.4, -0.2) is 91.5 Å². The number of anilines is 1. The molecule has 50 heavy (non-hydrogen) atoms. The number of hydrogen-bond donors (Lipinski definition) is 5. The zero-order chi connectivity index (χ0) is 37.0. The average Bonchev–Trinajstić information content (AvgIpc) is 3.37. The van der Waals surface area contributed by atoms with Crippen molar-refractivity contribution >= 4 is 67.8 Å². The van der Waals surface area contributed by atoms with Gasteiger partial charge in [-0.05, 0) is 37.8 Å². The number of carbonyl (C=O) groups is 7. The maximum Gasteiger partial charge on any atom is 0.367 e. The molecule has 0 radical (unpaired) electrons. The Morgan fingerprint density at radius 2 is 1.72 bits per heavy atom. The number of aliphatic hydroxyl groups excluding tert-OH is 1. The second-order valence-electron chi connectivity index (χ2n) is 12.2. The van der Waals surface area contributed by atoms with Crippen molar-refractivity contribution in [2.24, 2.45) is 5.92 Å². The average molecular weight is 809 g/mol. The van der Waals surface area contributed by atoms with Crippen LogP contribution in [-0.2, 0) is 44.8 Å². The number of rotatable bonds is 15. The highest BCUT2D eigenvalue weighted by Crippen LogP contribution is 2.21. The van der Waals surface area contributed by atoms with Crippen LogP contribution in [0.15, 0.2) is 30.4 Å². The van der Waals surface area contributed by atoms with Crippen LogP contribution < -0.4 is 16.0 Å². The molecule has 2 aliphatic rings. The summed E-state index contributed by atoms with van der Waals surface area (Å²) in [6, 6.07) is 2.76. The van der Waals surface area contributed by atoms with E-state index in [1.54, 1.807) is 26.0 Å². The topological polar surface area (TPSA) is 218 Å². The summed E-state index contributed by atoms with van der Waals surface area (Å²) in [5.41, 5.74) is 1.16.